The van der Waals surface area contributed by atoms with Crippen LogP contribution in [0, 0.1) is 11.8 Å². The van der Waals surface area contributed by atoms with Crippen LogP contribution in [0.25, 0.3) is 0 Å². The Kier molecular flexibility index (Phi) is 3.63. The minimum Gasteiger partial charge on any atom is -0.338 e. The van der Waals surface area contributed by atoms with E-state index in [1.807, 2.05) is 13.8 Å². The molecule has 1 atom stereocenters. The van der Waals surface area contributed by atoms with Crippen LogP contribution in [-0.4, -0.2) is 10.1 Å². The molecular weight excluding hydrogens is 178 g/mol. The van der Waals surface area contributed by atoms with Crippen LogP contribution in [0.1, 0.15) is 45.5 Å². The molecule has 0 saturated heterocycles. The van der Waals surface area contributed by atoms with E-state index in [0.717, 1.165) is 12.2 Å². The number of hydrogen-bond donors (Lipinski definition) is 1. The standard InChI is InChI=1S/C10H19N3O/c1-6(2)5-8-12-10(14-13-8)9(11)7(3)4/h6-7,9H,5,11H2,1-4H3/t9-/m1/s1. The van der Waals surface area contributed by atoms with E-state index in [4.69, 9.17) is 10.3 Å². The van der Waals surface area contributed by atoms with Crippen molar-refractivity contribution in [1.82, 2.24) is 10.1 Å². The van der Waals surface area contributed by atoms with Crippen LogP contribution >= 0.6 is 0 Å². The maximum Gasteiger partial charge on any atom is 0.243 e. The van der Waals surface area contributed by atoms with Crippen molar-refractivity contribution in [3.8, 4) is 0 Å². The van der Waals surface area contributed by atoms with Gasteiger partial charge in [0, 0.05) is 6.42 Å². The first-order valence-electron chi connectivity index (χ1n) is 5.08. The fraction of sp³-hybridized carbons (Fsp3) is 0.800. The number of aromatic nitrogens is 2. The molecule has 4 heteroatoms. The summed E-state index contributed by atoms with van der Waals surface area (Å²) >= 11 is 0. The topological polar surface area (TPSA) is 64.9 Å². The summed E-state index contributed by atoms with van der Waals surface area (Å²) in [7, 11) is 0. The van der Waals surface area contributed by atoms with Gasteiger partial charge in [-0.25, -0.2) is 0 Å². The van der Waals surface area contributed by atoms with Gasteiger partial charge in [-0.05, 0) is 11.8 Å². The normalized spacial score (nSPS) is 13.9. The summed E-state index contributed by atoms with van der Waals surface area (Å²) in [6.45, 7) is 8.32. The predicted molar refractivity (Wildman–Crippen MR) is 54.6 cm³/mol. The second kappa shape index (κ2) is 4.55. The third-order valence-corrected chi connectivity index (χ3v) is 2.08. The lowest BCUT2D eigenvalue weighted by Crippen LogP contribution is -2.17. The SMILES string of the molecule is CC(C)Cc1noc([C@H](N)C(C)C)n1. The summed E-state index contributed by atoms with van der Waals surface area (Å²) in [6, 6.07) is -0.150. The van der Waals surface area contributed by atoms with Gasteiger partial charge in [-0.1, -0.05) is 32.9 Å². The van der Waals surface area contributed by atoms with E-state index in [-0.39, 0.29) is 6.04 Å². The molecule has 14 heavy (non-hydrogen) atoms. The molecule has 0 fully saturated rings. The third-order valence-electron chi connectivity index (χ3n) is 2.08. The fourth-order valence-corrected chi connectivity index (χ4v) is 1.14. The van der Waals surface area contributed by atoms with E-state index in [9.17, 15) is 0 Å². The van der Waals surface area contributed by atoms with Gasteiger partial charge < -0.3 is 10.3 Å². The van der Waals surface area contributed by atoms with E-state index in [2.05, 4.69) is 24.0 Å². The molecule has 0 bridgehead atoms. The lowest BCUT2D eigenvalue weighted by atomic mass is 10.1. The Hall–Kier alpha value is -0.900. The zero-order valence-electron chi connectivity index (χ0n) is 9.32. The van der Waals surface area contributed by atoms with E-state index >= 15 is 0 Å². The second-order valence-electron chi connectivity index (χ2n) is 4.42. The zero-order chi connectivity index (χ0) is 10.7. The van der Waals surface area contributed by atoms with Crippen LogP contribution in [0.5, 0.6) is 0 Å². The molecular formula is C10H19N3O. The van der Waals surface area contributed by atoms with Crippen molar-refractivity contribution in [3.05, 3.63) is 11.7 Å². The highest BCUT2D eigenvalue weighted by Crippen LogP contribution is 2.17. The molecule has 0 amide bonds. The van der Waals surface area contributed by atoms with Gasteiger partial charge in [0.15, 0.2) is 5.82 Å². The van der Waals surface area contributed by atoms with Crippen LogP contribution in [-0.2, 0) is 6.42 Å². The Labute approximate surface area is 84.9 Å². The van der Waals surface area contributed by atoms with Crippen molar-refractivity contribution in [3.63, 3.8) is 0 Å². The number of nitrogens with two attached hydrogens (primary N) is 1. The van der Waals surface area contributed by atoms with Crippen molar-refractivity contribution in [2.75, 3.05) is 0 Å². The van der Waals surface area contributed by atoms with E-state index in [0.29, 0.717) is 17.7 Å². The minimum absolute atomic E-state index is 0.150. The fourth-order valence-electron chi connectivity index (χ4n) is 1.14. The average molecular weight is 197 g/mol. The quantitative estimate of drug-likeness (QED) is 0.801. The average Bonchev–Trinajstić information content (AvgIpc) is 2.50. The van der Waals surface area contributed by atoms with Gasteiger partial charge in [0.05, 0.1) is 6.04 Å². The largest absolute Gasteiger partial charge is 0.338 e. The molecule has 80 valence electrons. The molecule has 0 aliphatic heterocycles. The molecule has 1 heterocycles. The van der Waals surface area contributed by atoms with Gasteiger partial charge in [0.25, 0.3) is 0 Å². The van der Waals surface area contributed by atoms with Crippen molar-refractivity contribution in [2.45, 2.75) is 40.2 Å². The molecule has 0 radical (unpaired) electrons. The second-order valence-corrected chi connectivity index (χ2v) is 4.42. The summed E-state index contributed by atoms with van der Waals surface area (Å²) in [5, 5.41) is 3.89. The number of hydrogen-bond acceptors (Lipinski definition) is 4. The molecule has 0 aromatic carbocycles. The third kappa shape index (κ3) is 2.80. The Bertz CT molecular complexity index is 281. The van der Waals surface area contributed by atoms with Gasteiger partial charge >= 0.3 is 0 Å². The Morgan fingerprint density at radius 3 is 2.43 bits per heavy atom. The van der Waals surface area contributed by atoms with E-state index in [1.54, 1.807) is 0 Å². The Morgan fingerprint density at radius 1 is 1.29 bits per heavy atom. The molecule has 2 N–H and O–H groups in total. The van der Waals surface area contributed by atoms with Crippen molar-refractivity contribution >= 4 is 0 Å². The van der Waals surface area contributed by atoms with Gasteiger partial charge in [0.2, 0.25) is 5.89 Å². The van der Waals surface area contributed by atoms with Gasteiger partial charge in [0.1, 0.15) is 0 Å². The first-order chi connectivity index (χ1) is 6.50. The summed E-state index contributed by atoms with van der Waals surface area (Å²) in [5.74, 6) is 2.17. The van der Waals surface area contributed by atoms with Crippen LogP contribution in [0.3, 0.4) is 0 Å². The summed E-state index contributed by atoms with van der Waals surface area (Å²) in [4.78, 5) is 4.27. The first kappa shape index (κ1) is 11.2. The molecule has 4 nitrogen and oxygen atoms in total. The lowest BCUT2D eigenvalue weighted by Gasteiger charge is -2.09. The monoisotopic (exact) mass is 197 g/mol. The molecule has 0 unspecified atom stereocenters. The highest BCUT2D eigenvalue weighted by Gasteiger charge is 2.18. The summed E-state index contributed by atoms with van der Waals surface area (Å²) in [5.41, 5.74) is 5.89. The van der Waals surface area contributed by atoms with E-state index < -0.39 is 0 Å². The molecule has 0 spiro atoms. The summed E-state index contributed by atoms with van der Waals surface area (Å²) in [6.07, 6.45) is 0.842. The smallest absolute Gasteiger partial charge is 0.243 e. The van der Waals surface area contributed by atoms with Crippen molar-refractivity contribution in [1.29, 1.82) is 0 Å². The number of nitrogens with zero attached hydrogens (tertiary/aromatic N) is 2. The molecule has 1 rings (SSSR count). The number of rotatable bonds is 4. The molecule has 0 aliphatic carbocycles. The summed E-state index contributed by atoms with van der Waals surface area (Å²) < 4.78 is 5.10. The molecule has 0 saturated carbocycles. The Balaban J connectivity index is 2.67. The predicted octanol–water partition coefficient (Wildman–Crippen LogP) is 1.92. The minimum atomic E-state index is -0.150. The lowest BCUT2D eigenvalue weighted by molar-refractivity contribution is 0.321. The van der Waals surface area contributed by atoms with Crippen LogP contribution < -0.4 is 5.73 Å². The van der Waals surface area contributed by atoms with Crippen LogP contribution in [0.15, 0.2) is 4.52 Å². The van der Waals surface area contributed by atoms with Gasteiger partial charge in [-0.2, -0.15) is 4.98 Å². The van der Waals surface area contributed by atoms with Gasteiger partial charge in [-0.15, -0.1) is 0 Å². The maximum atomic E-state index is 5.89. The van der Waals surface area contributed by atoms with E-state index in [1.165, 1.54) is 0 Å². The molecule has 1 aromatic rings. The highest BCUT2D eigenvalue weighted by molar-refractivity contribution is 4.93. The van der Waals surface area contributed by atoms with Crippen molar-refractivity contribution < 1.29 is 4.52 Å². The Morgan fingerprint density at radius 2 is 1.93 bits per heavy atom. The maximum absolute atomic E-state index is 5.89. The first-order valence-corrected chi connectivity index (χ1v) is 5.08. The zero-order valence-corrected chi connectivity index (χ0v) is 9.32. The van der Waals surface area contributed by atoms with Gasteiger partial charge in [-0.3, -0.25) is 0 Å². The van der Waals surface area contributed by atoms with Crippen molar-refractivity contribution in [2.24, 2.45) is 17.6 Å². The molecule has 1 aromatic heterocycles. The molecule has 0 aliphatic rings. The van der Waals surface area contributed by atoms with Crippen LogP contribution in [0.2, 0.25) is 0 Å². The van der Waals surface area contributed by atoms with Crippen LogP contribution in [0.4, 0.5) is 0 Å². The highest BCUT2D eigenvalue weighted by atomic mass is 16.5.